The van der Waals surface area contributed by atoms with Crippen LogP contribution in [0.15, 0.2) is 32.0 Å². The standard InChI is InChI=1S/C14H12N2O6/c1-19-10-6-3-4-21-11(6)13(20-2)12-9(10)7(17)5-8(22-12)14(18)16-15/h3-5H,15H2,1-2H3,(H,16,18). The van der Waals surface area contributed by atoms with Crippen LogP contribution in [0.2, 0.25) is 0 Å². The van der Waals surface area contributed by atoms with Crippen LogP contribution in [0, 0.1) is 0 Å². The van der Waals surface area contributed by atoms with Crippen LogP contribution in [0.3, 0.4) is 0 Å². The number of methoxy groups -OCH3 is 2. The highest BCUT2D eigenvalue weighted by atomic mass is 16.5. The molecule has 0 unspecified atom stereocenters. The van der Waals surface area contributed by atoms with E-state index in [4.69, 9.17) is 24.2 Å². The quantitative estimate of drug-likeness (QED) is 0.423. The topological polar surface area (TPSA) is 117 Å². The van der Waals surface area contributed by atoms with Gasteiger partial charge in [-0.3, -0.25) is 15.0 Å². The van der Waals surface area contributed by atoms with Crippen LogP contribution in [0.25, 0.3) is 21.9 Å². The summed E-state index contributed by atoms with van der Waals surface area (Å²) >= 11 is 0. The molecule has 3 rings (SSSR count). The predicted molar refractivity (Wildman–Crippen MR) is 77.0 cm³/mol. The number of rotatable bonds is 3. The predicted octanol–water partition coefficient (Wildman–Crippen LogP) is 1.16. The maximum Gasteiger partial charge on any atom is 0.301 e. The number of nitrogens with one attached hydrogen (secondary N) is 1. The second-order valence-electron chi connectivity index (χ2n) is 4.38. The average molecular weight is 304 g/mol. The Labute approximate surface area is 123 Å². The van der Waals surface area contributed by atoms with Gasteiger partial charge < -0.3 is 18.3 Å². The fourth-order valence-electron chi connectivity index (χ4n) is 2.35. The van der Waals surface area contributed by atoms with Gasteiger partial charge in [-0.25, -0.2) is 5.84 Å². The number of nitrogens with two attached hydrogens (primary N) is 1. The number of hydrogen-bond acceptors (Lipinski definition) is 7. The van der Waals surface area contributed by atoms with Crippen LogP contribution in [0.1, 0.15) is 10.6 Å². The molecular formula is C14H12N2O6. The third-order valence-corrected chi connectivity index (χ3v) is 3.26. The van der Waals surface area contributed by atoms with Crippen molar-refractivity contribution in [3.63, 3.8) is 0 Å². The van der Waals surface area contributed by atoms with E-state index >= 15 is 0 Å². The molecule has 0 aliphatic heterocycles. The molecule has 1 aromatic carbocycles. The summed E-state index contributed by atoms with van der Waals surface area (Å²) in [5, 5.41) is 0.719. The molecule has 0 aliphatic carbocycles. The van der Waals surface area contributed by atoms with Crippen molar-refractivity contribution in [2.45, 2.75) is 0 Å². The lowest BCUT2D eigenvalue weighted by molar-refractivity contribution is 0.0926. The van der Waals surface area contributed by atoms with Gasteiger partial charge in [0.15, 0.2) is 22.4 Å². The van der Waals surface area contributed by atoms with Gasteiger partial charge in [0.25, 0.3) is 0 Å². The van der Waals surface area contributed by atoms with Gasteiger partial charge in [0, 0.05) is 6.07 Å². The van der Waals surface area contributed by atoms with E-state index in [-0.39, 0.29) is 28.2 Å². The largest absolute Gasteiger partial charge is 0.495 e. The molecule has 8 heteroatoms. The van der Waals surface area contributed by atoms with Crippen molar-refractivity contribution in [2.75, 3.05) is 14.2 Å². The van der Waals surface area contributed by atoms with Crippen LogP contribution in [0.4, 0.5) is 0 Å². The Morgan fingerprint density at radius 3 is 2.59 bits per heavy atom. The van der Waals surface area contributed by atoms with E-state index in [1.807, 2.05) is 5.43 Å². The van der Waals surface area contributed by atoms with Crippen molar-refractivity contribution in [1.29, 1.82) is 0 Å². The first-order valence-electron chi connectivity index (χ1n) is 6.22. The molecule has 22 heavy (non-hydrogen) atoms. The number of hydrazine groups is 1. The van der Waals surface area contributed by atoms with Crippen molar-refractivity contribution >= 4 is 27.8 Å². The molecule has 3 N–H and O–H groups in total. The Balaban J connectivity index is 2.55. The molecule has 0 saturated carbocycles. The number of fused-ring (bicyclic) bond motifs is 2. The lowest BCUT2D eigenvalue weighted by Crippen LogP contribution is -2.30. The zero-order chi connectivity index (χ0) is 15.9. The fourth-order valence-corrected chi connectivity index (χ4v) is 2.35. The molecule has 0 saturated heterocycles. The summed E-state index contributed by atoms with van der Waals surface area (Å²) in [7, 11) is 2.83. The summed E-state index contributed by atoms with van der Waals surface area (Å²) in [6.45, 7) is 0. The highest BCUT2D eigenvalue weighted by Gasteiger charge is 2.23. The number of carbonyl (C=O) groups excluding carboxylic acids is 1. The smallest absolute Gasteiger partial charge is 0.301 e. The van der Waals surface area contributed by atoms with Crippen molar-refractivity contribution < 1.29 is 23.1 Å². The van der Waals surface area contributed by atoms with E-state index in [0.717, 1.165) is 6.07 Å². The average Bonchev–Trinajstić information content (AvgIpc) is 3.00. The third-order valence-electron chi connectivity index (χ3n) is 3.26. The monoisotopic (exact) mass is 304 g/mol. The van der Waals surface area contributed by atoms with Crippen molar-refractivity contribution in [3.05, 3.63) is 34.4 Å². The second-order valence-corrected chi connectivity index (χ2v) is 4.38. The lowest BCUT2D eigenvalue weighted by atomic mass is 10.1. The third kappa shape index (κ3) is 1.81. The second kappa shape index (κ2) is 5.08. The summed E-state index contributed by atoms with van der Waals surface area (Å²) in [5.41, 5.74) is 1.84. The number of ether oxygens (including phenoxy) is 2. The first-order chi connectivity index (χ1) is 10.6. The first-order valence-corrected chi connectivity index (χ1v) is 6.22. The van der Waals surface area contributed by atoms with Crippen LogP contribution >= 0.6 is 0 Å². The Morgan fingerprint density at radius 2 is 1.95 bits per heavy atom. The molecular weight excluding hydrogens is 292 g/mol. The highest BCUT2D eigenvalue weighted by Crippen LogP contribution is 2.41. The summed E-state index contributed by atoms with van der Waals surface area (Å²) < 4.78 is 21.4. The molecule has 0 spiro atoms. The summed E-state index contributed by atoms with van der Waals surface area (Å²) in [4.78, 5) is 24.0. The fraction of sp³-hybridized carbons (Fsp3) is 0.143. The van der Waals surface area contributed by atoms with E-state index < -0.39 is 11.3 Å². The Morgan fingerprint density at radius 1 is 1.23 bits per heavy atom. The zero-order valence-corrected chi connectivity index (χ0v) is 11.8. The first kappa shape index (κ1) is 14.0. The summed E-state index contributed by atoms with van der Waals surface area (Å²) in [6.07, 6.45) is 1.44. The molecule has 3 aromatic rings. The Bertz CT molecular complexity index is 940. The SMILES string of the molecule is COc1c2occc2c(OC)c2c(=O)cc(C(=O)NN)oc12. The van der Waals surface area contributed by atoms with Crippen LogP contribution < -0.4 is 26.2 Å². The van der Waals surface area contributed by atoms with Crippen molar-refractivity contribution in [3.8, 4) is 11.5 Å². The molecule has 0 fully saturated rings. The minimum atomic E-state index is -0.737. The maximum absolute atomic E-state index is 12.4. The normalized spacial score (nSPS) is 10.9. The van der Waals surface area contributed by atoms with E-state index in [1.165, 1.54) is 20.5 Å². The van der Waals surface area contributed by atoms with Crippen LogP contribution in [0.5, 0.6) is 11.5 Å². The van der Waals surface area contributed by atoms with Crippen molar-refractivity contribution in [2.24, 2.45) is 5.84 Å². The van der Waals surface area contributed by atoms with E-state index in [9.17, 15) is 9.59 Å². The highest BCUT2D eigenvalue weighted by molar-refractivity contribution is 6.07. The number of nitrogen functional groups attached to an aromatic ring is 1. The summed E-state index contributed by atoms with van der Waals surface area (Å²) in [6, 6.07) is 2.69. The number of benzene rings is 1. The number of furan rings is 1. The molecule has 0 aliphatic rings. The zero-order valence-electron chi connectivity index (χ0n) is 11.8. The van der Waals surface area contributed by atoms with Gasteiger partial charge in [-0.15, -0.1) is 0 Å². The molecule has 0 atom stereocenters. The number of carbonyl (C=O) groups is 1. The molecule has 8 nitrogen and oxygen atoms in total. The van der Waals surface area contributed by atoms with Gasteiger partial charge in [-0.1, -0.05) is 0 Å². The van der Waals surface area contributed by atoms with E-state index in [2.05, 4.69) is 0 Å². The van der Waals surface area contributed by atoms with Gasteiger partial charge >= 0.3 is 5.91 Å². The minimum Gasteiger partial charge on any atom is -0.495 e. The van der Waals surface area contributed by atoms with Gasteiger partial charge in [-0.2, -0.15) is 0 Å². The number of hydrogen-bond donors (Lipinski definition) is 2. The molecule has 114 valence electrons. The van der Waals surface area contributed by atoms with Gasteiger partial charge in [0.1, 0.15) is 11.1 Å². The Kier molecular flexibility index (Phi) is 3.22. The minimum absolute atomic E-state index is 0.0490. The molecule has 2 aromatic heterocycles. The molecule has 2 heterocycles. The van der Waals surface area contributed by atoms with Crippen molar-refractivity contribution in [1.82, 2.24) is 5.43 Å². The molecule has 1 amide bonds. The van der Waals surface area contributed by atoms with Crippen LogP contribution in [-0.4, -0.2) is 20.1 Å². The van der Waals surface area contributed by atoms with Crippen LogP contribution in [-0.2, 0) is 0 Å². The van der Waals surface area contributed by atoms with E-state index in [0.29, 0.717) is 11.0 Å². The maximum atomic E-state index is 12.4. The Hall–Kier alpha value is -3.00. The van der Waals surface area contributed by atoms with E-state index in [1.54, 1.807) is 6.07 Å². The van der Waals surface area contributed by atoms with Gasteiger partial charge in [0.2, 0.25) is 5.75 Å². The van der Waals surface area contributed by atoms with Gasteiger partial charge in [-0.05, 0) is 6.07 Å². The lowest BCUT2D eigenvalue weighted by Gasteiger charge is -2.10. The molecule has 0 radical (unpaired) electrons. The number of amides is 1. The van der Waals surface area contributed by atoms with Gasteiger partial charge in [0.05, 0.1) is 25.9 Å². The molecule has 0 bridgehead atoms. The summed E-state index contributed by atoms with van der Waals surface area (Å²) in [5.74, 6) is 4.56.